The first-order chi connectivity index (χ1) is 13.2. The third-order valence-electron chi connectivity index (χ3n) is 3.98. The van der Waals surface area contributed by atoms with Gasteiger partial charge in [0, 0.05) is 11.7 Å². The van der Waals surface area contributed by atoms with Crippen molar-refractivity contribution in [3.63, 3.8) is 0 Å². The van der Waals surface area contributed by atoms with Crippen LogP contribution < -0.4 is 10.6 Å². The number of hydrogen-bond acceptors (Lipinski definition) is 6. The molecule has 138 valence electrons. The first-order valence-corrected chi connectivity index (χ1v) is 10.2. The van der Waals surface area contributed by atoms with Crippen molar-refractivity contribution < 1.29 is 9.18 Å². The second-order valence-electron chi connectivity index (χ2n) is 6.20. The molecule has 1 aromatic heterocycles. The first kappa shape index (κ1) is 17.9. The van der Waals surface area contributed by atoms with E-state index in [2.05, 4.69) is 20.8 Å². The van der Waals surface area contributed by atoms with E-state index in [1.165, 1.54) is 35.2 Å². The van der Waals surface area contributed by atoms with Crippen molar-refractivity contribution in [1.29, 1.82) is 0 Å². The highest BCUT2D eigenvalue weighted by Gasteiger charge is 2.30. The molecule has 2 aromatic carbocycles. The normalized spacial score (nSPS) is 14.6. The van der Waals surface area contributed by atoms with Crippen molar-refractivity contribution in [2.24, 2.45) is 0 Å². The summed E-state index contributed by atoms with van der Waals surface area (Å²) in [5.74, 6) is -0.405. The maximum absolute atomic E-state index is 13.3. The van der Waals surface area contributed by atoms with Gasteiger partial charge in [-0.1, -0.05) is 53.4 Å². The lowest BCUT2D eigenvalue weighted by molar-refractivity contribution is -0.120. The number of carbonyl (C=O) groups is 1. The molecule has 5 nitrogen and oxygen atoms in total. The average Bonchev–Trinajstić information content (AvgIpc) is 3.38. The Bertz CT molecular complexity index is 913. The summed E-state index contributed by atoms with van der Waals surface area (Å²) in [6.45, 7) is 0. The molecule has 1 saturated carbocycles. The number of para-hydroxylation sites is 1. The number of hydrogen-bond donors (Lipinski definition) is 2. The molecule has 27 heavy (non-hydrogen) atoms. The van der Waals surface area contributed by atoms with Gasteiger partial charge in [-0.15, -0.1) is 10.2 Å². The molecule has 1 heterocycles. The van der Waals surface area contributed by atoms with Gasteiger partial charge in [-0.2, -0.15) is 0 Å². The highest BCUT2D eigenvalue weighted by Crippen LogP contribution is 2.39. The van der Waals surface area contributed by atoms with Crippen LogP contribution in [0.4, 0.5) is 15.2 Å². The monoisotopic (exact) mass is 400 g/mol. The second-order valence-corrected chi connectivity index (χ2v) is 8.53. The summed E-state index contributed by atoms with van der Waals surface area (Å²) in [4.78, 5) is 12.7. The second kappa shape index (κ2) is 8.06. The number of carbonyl (C=O) groups excluding carboxylic acids is 1. The summed E-state index contributed by atoms with van der Waals surface area (Å²) in [5.41, 5.74) is 1.67. The van der Waals surface area contributed by atoms with Crippen molar-refractivity contribution in [1.82, 2.24) is 15.5 Å². The van der Waals surface area contributed by atoms with Gasteiger partial charge < -0.3 is 10.6 Å². The third-order valence-corrected chi connectivity index (χ3v) is 6.16. The standard InChI is InChI=1S/C19H17FN4OS2/c20-13-8-6-12(7-9-13)16(17(25)21-15-10-11-15)26-19-24-23-18(27-19)22-14-4-2-1-3-5-14/h1-9,15-16H,10-11H2,(H,21,25)(H,22,23). The van der Waals surface area contributed by atoms with Gasteiger partial charge in [0.2, 0.25) is 11.0 Å². The molecule has 0 aliphatic heterocycles. The highest BCUT2D eigenvalue weighted by atomic mass is 32.2. The zero-order valence-electron chi connectivity index (χ0n) is 14.3. The molecular formula is C19H17FN4OS2. The van der Waals surface area contributed by atoms with E-state index in [4.69, 9.17) is 0 Å². The number of halogens is 1. The molecule has 2 N–H and O–H groups in total. The fourth-order valence-electron chi connectivity index (χ4n) is 2.47. The number of anilines is 2. The number of thioether (sulfide) groups is 1. The molecule has 1 fully saturated rings. The van der Waals surface area contributed by atoms with Crippen LogP contribution in [-0.4, -0.2) is 22.1 Å². The van der Waals surface area contributed by atoms with E-state index in [9.17, 15) is 9.18 Å². The molecule has 0 spiro atoms. The first-order valence-electron chi connectivity index (χ1n) is 8.55. The summed E-state index contributed by atoms with van der Waals surface area (Å²) in [6.07, 6.45) is 2.02. The maximum Gasteiger partial charge on any atom is 0.238 e. The summed E-state index contributed by atoms with van der Waals surface area (Å²) < 4.78 is 13.9. The maximum atomic E-state index is 13.3. The minimum Gasteiger partial charge on any atom is -0.352 e. The van der Waals surface area contributed by atoms with Gasteiger partial charge in [-0.25, -0.2) is 4.39 Å². The van der Waals surface area contributed by atoms with E-state index in [1.807, 2.05) is 30.3 Å². The fourth-order valence-corrected chi connectivity index (χ4v) is 4.44. The molecule has 3 aromatic rings. The van der Waals surface area contributed by atoms with Crippen LogP contribution in [0.15, 0.2) is 58.9 Å². The Kier molecular flexibility index (Phi) is 5.35. The predicted octanol–water partition coefficient (Wildman–Crippen LogP) is 4.53. The van der Waals surface area contributed by atoms with Gasteiger partial charge in [-0.05, 0) is 42.7 Å². The predicted molar refractivity (Wildman–Crippen MR) is 106 cm³/mol. The number of nitrogens with one attached hydrogen (secondary N) is 2. The Morgan fingerprint density at radius 1 is 1.11 bits per heavy atom. The number of nitrogens with zero attached hydrogens (tertiary/aromatic N) is 2. The molecule has 1 atom stereocenters. The molecule has 0 bridgehead atoms. The van der Waals surface area contributed by atoms with Gasteiger partial charge in [0.1, 0.15) is 11.1 Å². The lowest BCUT2D eigenvalue weighted by Crippen LogP contribution is -2.29. The lowest BCUT2D eigenvalue weighted by Gasteiger charge is -2.15. The molecule has 1 amide bonds. The largest absolute Gasteiger partial charge is 0.352 e. The van der Waals surface area contributed by atoms with Crippen LogP contribution in [0.2, 0.25) is 0 Å². The van der Waals surface area contributed by atoms with Crippen molar-refractivity contribution in [3.05, 3.63) is 66.0 Å². The van der Waals surface area contributed by atoms with Crippen molar-refractivity contribution in [3.8, 4) is 0 Å². The van der Waals surface area contributed by atoms with Gasteiger partial charge >= 0.3 is 0 Å². The smallest absolute Gasteiger partial charge is 0.238 e. The quantitative estimate of drug-likeness (QED) is 0.570. The Morgan fingerprint density at radius 3 is 2.56 bits per heavy atom. The zero-order valence-corrected chi connectivity index (χ0v) is 15.9. The van der Waals surface area contributed by atoms with E-state index in [0.29, 0.717) is 9.47 Å². The van der Waals surface area contributed by atoms with E-state index >= 15 is 0 Å². The SMILES string of the molecule is O=C(NC1CC1)C(Sc1nnc(Nc2ccccc2)s1)c1ccc(F)cc1. The van der Waals surface area contributed by atoms with Crippen LogP contribution in [0.3, 0.4) is 0 Å². The summed E-state index contributed by atoms with van der Waals surface area (Å²) >= 11 is 2.71. The minimum atomic E-state index is -0.497. The van der Waals surface area contributed by atoms with Crippen LogP contribution in [0.1, 0.15) is 23.7 Å². The summed E-state index contributed by atoms with van der Waals surface area (Å²) in [5, 5.41) is 14.7. The Hall–Kier alpha value is -2.45. The van der Waals surface area contributed by atoms with Crippen molar-refractivity contribution in [2.75, 3.05) is 5.32 Å². The molecule has 8 heteroatoms. The molecule has 0 radical (unpaired) electrons. The number of benzene rings is 2. The zero-order chi connectivity index (χ0) is 18.6. The molecule has 1 aliphatic rings. The van der Waals surface area contributed by atoms with Crippen LogP contribution in [0.25, 0.3) is 0 Å². The summed E-state index contributed by atoms with van der Waals surface area (Å²) in [6, 6.07) is 16.0. The fraction of sp³-hybridized carbons (Fsp3) is 0.211. The molecular weight excluding hydrogens is 383 g/mol. The molecule has 1 aliphatic carbocycles. The Morgan fingerprint density at radius 2 is 1.85 bits per heavy atom. The number of amides is 1. The molecule has 1 unspecified atom stereocenters. The van der Waals surface area contributed by atoms with E-state index < -0.39 is 5.25 Å². The van der Waals surface area contributed by atoms with Gasteiger partial charge in [0.15, 0.2) is 4.34 Å². The lowest BCUT2D eigenvalue weighted by atomic mass is 10.1. The highest BCUT2D eigenvalue weighted by molar-refractivity contribution is 8.01. The van der Waals surface area contributed by atoms with E-state index in [0.717, 1.165) is 24.1 Å². The number of aromatic nitrogens is 2. The third kappa shape index (κ3) is 4.84. The molecule has 4 rings (SSSR count). The van der Waals surface area contributed by atoms with Crippen LogP contribution in [0.5, 0.6) is 0 Å². The van der Waals surface area contributed by atoms with Crippen LogP contribution >= 0.6 is 23.1 Å². The van der Waals surface area contributed by atoms with Crippen LogP contribution in [0, 0.1) is 5.82 Å². The van der Waals surface area contributed by atoms with Crippen LogP contribution in [-0.2, 0) is 4.79 Å². The van der Waals surface area contributed by atoms with Crippen molar-refractivity contribution in [2.45, 2.75) is 28.5 Å². The Labute approximate surface area is 164 Å². The topological polar surface area (TPSA) is 66.9 Å². The minimum absolute atomic E-state index is 0.0816. The molecule has 0 saturated heterocycles. The van der Waals surface area contributed by atoms with Gasteiger partial charge in [0.05, 0.1) is 0 Å². The number of rotatable bonds is 7. The van der Waals surface area contributed by atoms with E-state index in [-0.39, 0.29) is 17.8 Å². The summed E-state index contributed by atoms with van der Waals surface area (Å²) in [7, 11) is 0. The van der Waals surface area contributed by atoms with Gasteiger partial charge in [0.25, 0.3) is 0 Å². The van der Waals surface area contributed by atoms with Gasteiger partial charge in [-0.3, -0.25) is 4.79 Å². The Balaban J connectivity index is 1.50. The van der Waals surface area contributed by atoms with E-state index in [1.54, 1.807) is 12.1 Å². The average molecular weight is 401 g/mol. The van der Waals surface area contributed by atoms with Crippen molar-refractivity contribution >= 4 is 39.8 Å².